The minimum Gasteiger partial charge on any atom is -0.393 e. The Morgan fingerprint density at radius 1 is 1.18 bits per heavy atom. The van der Waals surface area contributed by atoms with Gasteiger partial charge in [0.2, 0.25) is 0 Å². The standard InChI is InChI=1S/C23H25N3O2/c1-26-12-10-16(11-13-26)18-5-2-6-19(14-18)24-23(28)25-22-7-3-4-17-8-9-20(27)15-21(17)22/h2-7,10-12,14,20,27H,8-9,13,15H2,1H3,(H2,24,25,28). The van der Waals surface area contributed by atoms with Gasteiger partial charge in [-0.2, -0.15) is 0 Å². The first kappa shape index (κ1) is 18.3. The second kappa shape index (κ2) is 7.90. The maximum absolute atomic E-state index is 12.6. The van der Waals surface area contributed by atoms with Gasteiger partial charge >= 0.3 is 6.03 Å². The van der Waals surface area contributed by atoms with Crippen molar-refractivity contribution < 1.29 is 9.90 Å². The number of aryl methyl sites for hydroxylation is 1. The number of carbonyl (C=O) groups is 1. The van der Waals surface area contributed by atoms with Crippen molar-refractivity contribution >= 4 is 23.0 Å². The topological polar surface area (TPSA) is 64.6 Å². The summed E-state index contributed by atoms with van der Waals surface area (Å²) in [6, 6.07) is 13.5. The van der Waals surface area contributed by atoms with Crippen LogP contribution < -0.4 is 10.6 Å². The van der Waals surface area contributed by atoms with Crippen molar-refractivity contribution in [3.05, 3.63) is 77.5 Å². The van der Waals surface area contributed by atoms with Crippen molar-refractivity contribution in [2.24, 2.45) is 0 Å². The third-order valence-electron chi connectivity index (χ3n) is 5.27. The summed E-state index contributed by atoms with van der Waals surface area (Å²) in [7, 11) is 2.04. The van der Waals surface area contributed by atoms with Gasteiger partial charge in [0.05, 0.1) is 6.10 Å². The number of rotatable bonds is 3. The number of nitrogens with zero attached hydrogens (tertiary/aromatic N) is 1. The Kier molecular flexibility index (Phi) is 5.17. The molecule has 28 heavy (non-hydrogen) atoms. The van der Waals surface area contributed by atoms with Crippen LogP contribution in [-0.4, -0.2) is 35.7 Å². The second-order valence-electron chi connectivity index (χ2n) is 7.41. The van der Waals surface area contributed by atoms with Crippen LogP contribution in [0.4, 0.5) is 16.2 Å². The molecule has 3 N–H and O–H groups in total. The van der Waals surface area contributed by atoms with Crippen molar-refractivity contribution in [1.82, 2.24) is 4.90 Å². The van der Waals surface area contributed by atoms with Gasteiger partial charge in [0, 0.05) is 31.4 Å². The summed E-state index contributed by atoms with van der Waals surface area (Å²) in [5.74, 6) is 0. The van der Waals surface area contributed by atoms with E-state index in [0.29, 0.717) is 6.42 Å². The van der Waals surface area contributed by atoms with Gasteiger partial charge in [-0.15, -0.1) is 0 Å². The first-order chi connectivity index (χ1) is 13.6. The molecule has 0 saturated carbocycles. The smallest absolute Gasteiger partial charge is 0.323 e. The van der Waals surface area contributed by atoms with Gasteiger partial charge < -0.3 is 20.6 Å². The summed E-state index contributed by atoms with van der Waals surface area (Å²) < 4.78 is 0. The van der Waals surface area contributed by atoms with E-state index >= 15 is 0 Å². The number of allylic oxidation sites excluding steroid dienone is 2. The monoisotopic (exact) mass is 375 g/mol. The Balaban J connectivity index is 1.47. The maximum Gasteiger partial charge on any atom is 0.323 e. The van der Waals surface area contributed by atoms with Crippen LogP contribution in [0.25, 0.3) is 5.57 Å². The number of aliphatic hydroxyl groups is 1. The summed E-state index contributed by atoms with van der Waals surface area (Å²) in [6.07, 6.45) is 8.14. The summed E-state index contributed by atoms with van der Waals surface area (Å²) in [5.41, 5.74) is 5.97. The second-order valence-corrected chi connectivity index (χ2v) is 7.41. The van der Waals surface area contributed by atoms with E-state index in [9.17, 15) is 9.90 Å². The first-order valence-electron chi connectivity index (χ1n) is 9.64. The van der Waals surface area contributed by atoms with Gasteiger partial charge in [-0.1, -0.05) is 30.3 Å². The number of hydrogen-bond donors (Lipinski definition) is 3. The lowest BCUT2D eigenvalue weighted by atomic mass is 9.88. The van der Waals surface area contributed by atoms with E-state index < -0.39 is 0 Å². The molecule has 2 aliphatic rings. The van der Waals surface area contributed by atoms with Crippen LogP contribution >= 0.6 is 0 Å². The lowest BCUT2D eigenvalue weighted by Crippen LogP contribution is -2.24. The van der Waals surface area contributed by atoms with Crippen LogP contribution in [0.5, 0.6) is 0 Å². The lowest BCUT2D eigenvalue weighted by molar-refractivity contribution is 0.159. The highest BCUT2D eigenvalue weighted by Gasteiger charge is 2.20. The van der Waals surface area contributed by atoms with E-state index in [0.717, 1.165) is 47.5 Å². The molecule has 1 aliphatic heterocycles. The number of hydrogen-bond acceptors (Lipinski definition) is 3. The first-order valence-corrected chi connectivity index (χ1v) is 9.64. The van der Waals surface area contributed by atoms with E-state index in [1.165, 1.54) is 5.56 Å². The number of anilines is 2. The SMILES string of the molecule is CN1C=CC(c2cccc(NC(=O)Nc3cccc4c3CC(O)CC4)c2)=CC1. The van der Waals surface area contributed by atoms with E-state index in [1.807, 2.05) is 43.4 Å². The maximum atomic E-state index is 12.6. The van der Waals surface area contributed by atoms with Gasteiger partial charge in [-0.3, -0.25) is 0 Å². The molecule has 0 bridgehead atoms. The fraction of sp³-hybridized carbons (Fsp3) is 0.261. The minimum atomic E-state index is -0.342. The molecule has 2 aromatic carbocycles. The predicted octanol–water partition coefficient (Wildman–Crippen LogP) is 4.02. The minimum absolute atomic E-state index is 0.279. The van der Waals surface area contributed by atoms with Crippen LogP contribution in [0, 0.1) is 0 Å². The Labute approximate surface area is 165 Å². The van der Waals surface area contributed by atoms with Crippen molar-refractivity contribution in [2.75, 3.05) is 24.2 Å². The molecule has 4 rings (SSSR count). The summed E-state index contributed by atoms with van der Waals surface area (Å²) in [5, 5.41) is 15.8. The highest BCUT2D eigenvalue weighted by atomic mass is 16.3. The van der Waals surface area contributed by atoms with Gasteiger partial charge in [-0.25, -0.2) is 4.79 Å². The molecular formula is C23H25N3O2. The van der Waals surface area contributed by atoms with Gasteiger partial charge in [0.25, 0.3) is 0 Å². The number of urea groups is 1. The number of benzene rings is 2. The van der Waals surface area contributed by atoms with Crippen LogP contribution in [0.3, 0.4) is 0 Å². The molecular weight excluding hydrogens is 350 g/mol. The molecule has 1 unspecified atom stereocenters. The summed E-state index contributed by atoms with van der Waals surface area (Å²) in [6.45, 7) is 0.870. The fourth-order valence-corrected chi connectivity index (χ4v) is 3.74. The molecule has 2 aromatic rings. The lowest BCUT2D eigenvalue weighted by Gasteiger charge is -2.23. The predicted molar refractivity (Wildman–Crippen MR) is 113 cm³/mol. The summed E-state index contributed by atoms with van der Waals surface area (Å²) in [4.78, 5) is 14.7. The largest absolute Gasteiger partial charge is 0.393 e. The highest BCUT2D eigenvalue weighted by molar-refractivity contribution is 6.00. The van der Waals surface area contributed by atoms with E-state index in [4.69, 9.17) is 0 Å². The third kappa shape index (κ3) is 4.10. The van der Waals surface area contributed by atoms with Crippen LogP contribution in [-0.2, 0) is 12.8 Å². The Bertz CT molecular complexity index is 949. The highest BCUT2D eigenvalue weighted by Crippen LogP contribution is 2.28. The molecule has 144 valence electrons. The van der Waals surface area contributed by atoms with E-state index in [2.05, 4.69) is 40.0 Å². The molecule has 0 saturated heterocycles. The Morgan fingerprint density at radius 2 is 2.04 bits per heavy atom. The van der Waals surface area contributed by atoms with Crippen LogP contribution in [0.2, 0.25) is 0 Å². The molecule has 0 radical (unpaired) electrons. The molecule has 0 fully saturated rings. The number of nitrogens with one attached hydrogen (secondary N) is 2. The van der Waals surface area contributed by atoms with Crippen LogP contribution in [0.1, 0.15) is 23.1 Å². The van der Waals surface area contributed by atoms with Crippen molar-refractivity contribution in [2.45, 2.75) is 25.4 Å². The molecule has 1 atom stereocenters. The average molecular weight is 375 g/mol. The van der Waals surface area contributed by atoms with Crippen molar-refractivity contribution in [3.63, 3.8) is 0 Å². The van der Waals surface area contributed by atoms with Gasteiger partial charge in [-0.05, 0) is 65.6 Å². The zero-order valence-electron chi connectivity index (χ0n) is 16.0. The Morgan fingerprint density at radius 3 is 2.86 bits per heavy atom. The third-order valence-corrected chi connectivity index (χ3v) is 5.27. The fourth-order valence-electron chi connectivity index (χ4n) is 3.74. The molecule has 0 spiro atoms. The molecule has 5 heteroatoms. The number of amides is 2. The number of aliphatic hydroxyl groups excluding tert-OH is 1. The van der Waals surface area contributed by atoms with Crippen LogP contribution in [0.15, 0.2) is 60.8 Å². The number of carbonyl (C=O) groups excluding carboxylic acids is 1. The van der Waals surface area contributed by atoms with Crippen molar-refractivity contribution in [1.29, 1.82) is 0 Å². The molecule has 1 aliphatic carbocycles. The summed E-state index contributed by atoms with van der Waals surface area (Å²) >= 11 is 0. The molecule has 5 nitrogen and oxygen atoms in total. The van der Waals surface area contributed by atoms with Gasteiger partial charge in [0.15, 0.2) is 0 Å². The van der Waals surface area contributed by atoms with E-state index in [-0.39, 0.29) is 12.1 Å². The van der Waals surface area contributed by atoms with Crippen molar-refractivity contribution in [3.8, 4) is 0 Å². The molecule has 2 amide bonds. The zero-order chi connectivity index (χ0) is 19.5. The number of fused-ring (bicyclic) bond motifs is 1. The number of likely N-dealkylation sites (N-methyl/N-ethyl adjacent to an activating group) is 1. The Hall–Kier alpha value is -3.05. The van der Waals surface area contributed by atoms with E-state index in [1.54, 1.807) is 0 Å². The normalized spacial score (nSPS) is 18.3. The zero-order valence-corrected chi connectivity index (χ0v) is 16.0. The molecule has 0 aromatic heterocycles. The van der Waals surface area contributed by atoms with Gasteiger partial charge in [0.1, 0.15) is 0 Å². The quantitative estimate of drug-likeness (QED) is 0.759. The molecule has 1 heterocycles. The average Bonchev–Trinajstić information content (AvgIpc) is 2.69.